The van der Waals surface area contributed by atoms with Crippen LogP contribution in [0.1, 0.15) is 17.3 Å². The second-order valence-corrected chi connectivity index (χ2v) is 3.70. The van der Waals surface area contributed by atoms with Gasteiger partial charge in [0.05, 0.1) is 12.1 Å². The molecule has 0 unspecified atom stereocenters. The van der Waals surface area contributed by atoms with Crippen molar-refractivity contribution in [2.45, 2.75) is 6.92 Å². The number of Topliss-reactive ketones (excluding diaryl/α,β-unsaturated/α-hetero) is 1. The van der Waals surface area contributed by atoms with Crippen molar-refractivity contribution < 1.29 is 14.0 Å². The van der Waals surface area contributed by atoms with Crippen molar-refractivity contribution >= 4 is 17.2 Å². The van der Waals surface area contributed by atoms with E-state index >= 15 is 0 Å². The molecule has 5 heteroatoms. The number of aromatic nitrogens is 1. The molecule has 0 aliphatic heterocycles. The standard InChI is InChI=1S/C12H11FN2O2/c1-8(16)14-6-12(17)10-4-5-15-7-9(13)2-3-11(10)15/h2-5,7H,6H2,1H3,(H,14,16). The summed E-state index contributed by atoms with van der Waals surface area (Å²) in [5, 5.41) is 2.44. The van der Waals surface area contributed by atoms with E-state index < -0.39 is 0 Å². The highest BCUT2D eigenvalue weighted by Crippen LogP contribution is 2.14. The van der Waals surface area contributed by atoms with E-state index in [1.165, 1.54) is 29.7 Å². The normalized spacial score (nSPS) is 10.5. The van der Waals surface area contributed by atoms with Crippen LogP contribution >= 0.6 is 0 Å². The number of carbonyl (C=O) groups excluding carboxylic acids is 2. The molecule has 0 aliphatic carbocycles. The zero-order valence-corrected chi connectivity index (χ0v) is 9.24. The first kappa shape index (κ1) is 11.3. The maximum atomic E-state index is 12.9. The van der Waals surface area contributed by atoms with Crippen molar-refractivity contribution in [3.8, 4) is 0 Å². The maximum absolute atomic E-state index is 12.9. The Kier molecular flexibility index (Phi) is 2.91. The molecule has 0 radical (unpaired) electrons. The first-order valence-corrected chi connectivity index (χ1v) is 5.12. The summed E-state index contributed by atoms with van der Waals surface area (Å²) in [7, 11) is 0. The molecular formula is C12H11FN2O2. The van der Waals surface area contributed by atoms with Gasteiger partial charge in [-0.25, -0.2) is 4.39 Å². The predicted octanol–water partition coefficient (Wildman–Crippen LogP) is 1.40. The lowest BCUT2D eigenvalue weighted by Gasteiger charge is -2.01. The summed E-state index contributed by atoms with van der Waals surface area (Å²) in [6.45, 7) is 1.30. The van der Waals surface area contributed by atoms with Crippen LogP contribution in [0.3, 0.4) is 0 Å². The van der Waals surface area contributed by atoms with E-state index in [1.54, 1.807) is 12.3 Å². The summed E-state index contributed by atoms with van der Waals surface area (Å²) in [6, 6.07) is 4.44. The summed E-state index contributed by atoms with van der Waals surface area (Å²) in [6.07, 6.45) is 2.91. The van der Waals surface area contributed by atoms with E-state index in [1.807, 2.05) is 0 Å². The molecule has 2 heterocycles. The summed E-state index contributed by atoms with van der Waals surface area (Å²) >= 11 is 0. The Hall–Kier alpha value is -2.17. The Bertz CT molecular complexity index is 589. The Morgan fingerprint density at radius 1 is 1.35 bits per heavy atom. The number of pyridine rings is 1. The van der Waals surface area contributed by atoms with Crippen LogP contribution in [0.5, 0.6) is 0 Å². The van der Waals surface area contributed by atoms with Gasteiger partial charge in [0.1, 0.15) is 5.82 Å². The van der Waals surface area contributed by atoms with E-state index in [0.29, 0.717) is 11.1 Å². The van der Waals surface area contributed by atoms with Gasteiger partial charge >= 0.3 is 0 Å². The highest BCUT2D eigenvalue weighted by Gasteiger charge is 2.11. The molecule has 88 valence electrons. The van der Waals surface area contributed by atoms with Crippen LogP contribution in [0.2, 0.25) is 0 Å². The molecule has 2 aromatic rings. The molecule has 0 saturated heterocycles. The molecule has 0 spiro atoms. The molecule has 0 saturated carbocycles. The Morgan fingerprint density at radius 2 is 2.12 bits per heavy atom. The highest BCUT2D eigenvalue weighted by atomic mass is 19.1. The Balaban J connectivity index is 2.29. The fraction of sp³-hybridized carbons (Fsp3) is 0.167. The second kappa shape index (κ2) is 4.37. The van der Waals surface area contributed by atoms with Crippen LogP contribution < -0.4 is 5.32 Å². The van der Waals surface area contributed by atoms with E-state index in [9.17, 15) is 14.0 Å². The van der Waals surface area contributed by atoms with E-state index in [-0.39, 0.29) is 24.1 Å². The summed E-state index contributed by atoms with van der Waals surface area (Å²) in [5.74, 6) is -0.823. The number of nitrogens with one attached hydrogen (secondary N) is 1. The summed E-state index contributed by atoms with van der Waals surface area (Å²) < 4.78 is 14.5. The largest absolute Gasteiger partial charge is 0.349 e. The van der Waals surface area contributed by atoms with Gasteiger partial charge in [0, 0.05) is 24.9 Å². The number of amides is 1. The molecule has 2 aromatic heterocycles. The van der Waals surface area contributed by atoms with Crippen molar-refractivity contribution in [3.63, 3.8) is 0 Å². The van der Waals surface area contributed by atoms with Crippen LogP contribution in [0.4, 0.5) is 4.39 Å². The molecule has 4 nitrogen and oxygen atoms in total. The fourth-order valence-corrected chi connectivity index (χ4v) is 1.62. The van der Waals surface area contributed by atoms with Crippen molar-refractivity contribution in [2.24, 2.45) is 0 Å². The lowest BCUT2D eigenvalue weighted by molar-refractivity contribution is -0.118. The van der Waals surface area contributed by atoms with E-state index in [0.717, 1.165) is 0 Å². The van der Waals surface area contributed by atoms with Gasteiger partial charge in [0.15, 0.2) is 5.78 Å². The number of nitrogens with zero attached hydrogens (tertiary/aromatic N) is 1. The molecule has 0 aromatic carbocycles. The smallest absolute Gasteiger partial charge is 0.217 e. The third-order valence-corrected chi connectivity index (χ3v) is 2.42. The number of rotatable bonds is 3. The highest BCUT2D eigenvalue weighted by molar-refractivity contribution is 6.04. The lowest BCUT2D eigenvalue weighted by Crippen LogP contribution is -2.27. The number of fused-ring (bicyclic) bond motifs is 1. The molecule has 2 rings (SSSR count). The number of hydrogen-bond acceptors (Lipinski definition) is 2. The third-order valence-electron chi connectivity index (χ3n) is 2.42. The van der Waals surface area contributed by atoms with Gasteiger partial charge in [-0.05, 0) is 18.2 Å². The second-order valence-electron chi connectivity index (χ2n) is 3.70. The maximum Gasteiger partial charge on any atom is 0.217 e. The van der Waals surface area contributed by atoms with Gasteiger partial charge < -0.3 is 9.72 Å². The topological polar surface area (TPSA) is 50.6 Å². The molecule has 0 bridgehead atoms. The average Bonchev–Trinajstić information content (AvgIpc) is 2.68. The molecule has 0 atom stereocenters. The molecule has 1 N–H and O–H groups in total. The number of ketones is 1. The minimum atomic E-state index is -0.367. The number of hydrogen-bond donors (Lipinski definition) is 1. The van der Waals surface area contributed by atoms with E-state index in [4.69, 9.17) is 0 Å². The predicted molar refractivity (Wildman–Crippen MR) is 60.4 cm³/mol. The lowest BCUT2D eigenvalue weighted by atomic mass is 10.1. The SMILES string of the molecule is CC(=O)NCC(=O)c1ccn2cc(F)ccc12. The van der Waals surface area contributed by atoms with Crippen molar-refractivity contribution in [1.82, 2.24) is 9.72 Å². The molecule has 1 amide bonds. The van der Waals surface area contributed by atoms with Crippen LogP contribution in [-0.2, 0) is 4.79 Å². The van der Waals surface area contributed by atoms with Crippen LogP contribution in [0.25, 0.3) is 5.52 Å². The van der Waals surface area contributed by atoms with E-state index in [2.05, 4.69) is 5.32 Å². The number of carbonyl (C=O) groups is 2. The van der Waals surface area contributed by atoms with Crippen LogP contribution in [0, 0.1) is 5.82 Å². The van der Waals surface area contributed by atoms with Gasteiger partial charge in [-0.3, -0.25) is 9.59 Å². The quantitative estimate of drug-likeness (QED) is 0.816. The first-order chi connectivity index (χ1) is 8.08. The zero-order chi connectivity index (χ0) is 12.4. The van der Waals surface area contributed by atoms with Crippen molar-refractivity contribution in [1.29, 1.82) is 0 Å². The Labute approximate surface area is 97.0 Å². The monoisotopic (exact) mass is 234 g/mol. The molecule has 0 aliphatic rings. The average molecular weight is 234 g/mol. The van der Waals surface area contributed by atoms with Crippen molar-refractivity contribution in [2.75, 3.05) is 6.54 Å². The summed E-state index contributed by atoms with van der Waals surface area (Å²) in [4.78, 5) is 22.5. The minimum absolute atomic E-state index is 0.0492. The zero-order valence-electron chi connectivity index (χ0n) is 9.24. The van der Waals surface area contributed by atoms with Crippen LogP contribution in [0.15, 0.2) is 30.6 Å². The minimum Gasteiger partial charge on any atom is -0.349 e. The fourth-order valence-electron chi connectivity index (χ4n) is 1.62. The molecule has 17 heavy (non-hydrogen) atoms. The van der Waals surface area contributed by atoms with Crippen LogP contribution in [-0.4, -0.2) is 22.6 Å². The van der Waals surface area contributed by atoms with Gasteiger partial charge in [-0.2, -0.15) is 0 Å². The van der Waals surface area contributed by atoms with Gasteiger partial charge in [-0.15, -0.1) is 0 Å². The first-order valence-electron chi connectivity index (χ1n) is 5.12. The molecular weight excluding hydrogens is 223 g/mol. The molecule has 0 fully saturated rings. The number of halogens is 1. The van der Waals surface area contributed by atoms with Crippen molar-refractivity contribution in [3.05, 3.63) is 42.0 Å². The van der Waals surface area contributed by atoms with Gasteiger partial charge in [0.2, 0.25) is 5.91 Å². The van der Waals surface area contributed by atoms with Gasteiger partial charge in [-0.1, -0.05) is 0 Å². The third kappa shape index (κ3) is 2.33. The Morgan fingerprint density at radius 3 is 2.82 bits per heavy atom. The van der Waals surface area contributed by atoms with Gasteiger partial charge in [0.25, 0.3) is 0 Å². The summed E-state index contributed by atoms with van der Waals surface area (Å²) in [5.41, 5.74) is 1.10.